The number of aromatic nitrogens is 2. The number of hydrogen-bond donors (Lipinski definition) is 2. The number of halogens is 3. The second-order valence-corrected chi connectivity index (χ2v) is 6.79. The molecule has 1 aromatic heterocycles. The van der Waals surface area contributed by atoms with Gasteiger partial charge in [0.1, 0.15) is 23.0 Å². The lowest BCUT2D eigenvalue weighted by atomic mass is 10.1. The van der Waals surface area contributed by atoms with E-state index in [0.29, 0.717) is 28.6 Å². The molecule has 0 atom stereocenters. The molecule has 0 spiro atoms. The van der Waals surface area contributed by atoms with Crippen molar-refractivity contribution in [3.8, 4) is 0 Å². The highest BCUT2D eigenvalue weighted by Crippen LogP contribution is 2.21. The van der Waals surface area contributed by atoms with Crippen LogP contribution in [0.4, 0.5) is 18.9 Å². The Morgan fingerprint density at radius 1 is 0.968 bits per heavy atom. The van der Waals surface area contributed by atoms with Gasteiger partial charge in [-0.2, -0.15) is 5.10 Å². The number of nitrogens with zero attached hydrogens (tertiary/aromatic N) is 2. The van der Waals surface area contributed by atoms with Crippen LogP contribution in [0.5, 0.6) is 0 Å². The number of carbonyl (C=O) groups excluding carboxylic acids is 2. The summed E-state index contributed by atoms with van der Waals surface area (Å²) in [4.78, 5) is 24.0. The maximum absolute atomic E-state index is 13.9. The van der Waals surface area contributed by atoms with Gasteiger partial charge in [-0.15, -0.1) is 0 Å². The Kier molecular flexibility index (Phi) is 5.16. The average Bonchev–Trinajstić information content (AvgIpc) is 3.06. The third kappa shape index (κ3) is 3.97. The van der Waals surface area contributed by atoms with E-state index in [1.54, 1.807) is 47.1 Å². The molecule has 0 saturated heterocycles. The molecule has 2 amide bonds. The standard InChI is InChI=1S/C22H15F3N4O2/c23-13-9-16(24)19(17(25)10-13)22(31)27-14-5-3-4-12(8-14)11-29-18-7-2-1-6-15(18)20(28-29)21(26)30/h1-10H,11H2,(H2,26,30)(H,27,31). The first-order valence-electron chi connectivity index (χ1n) is 9.13. The lowest BCUT2D eigenvalue weighted by molar-refractivity contribution is 0.0992. The zero-order valence-corrected chi connectivity index (χ0v) is 15.9. The molecule has 9 heteroatoms. The SMILES string of the molecule is NC(=O)c1nn(Cc2cccc(NC(=O)c3c(F)cc(F)cc3F)c2)c2ccccc12. The Bertz CT molecular complexity index is 1310. The van der Waals surface area contributed by atoms with Crippen LogP contribution in [0.1, 0.15) is 26.4 Å². The van der Waals surface area contributed by atoms with Crippen LogP contribution in [0.2, 0.25) is 0 Å². The van der Waals surface area contributed by atoms with E-state index in [-0.39, 0.29) is 17.9 Å². The predicted molar refractivity (Wildman–Crippen MR) is 108 cm³/mol. The van der Waals surface area contributed by atoms with Crippen molar-refractivity contribution in [2.45, 2.75) is 6.54 Å². The lowest BCUT2D eigenvalue weighted by Crippen LogP contribution is -2.16. The number of amides is 2. The zero-order valence-electron chi connectivity index (χ0n) is 15.9. The molecule has 6 nitrogen and oxygen atoms in total. The van der Waals surface area contributed by atoms with E-state index in [4.69, 9.17) is 5.73 Å². The molecule has 3 aromatic carbocycles. The molecule has 3 N–H and O–H groups in total. The minimum Gasteiger partial charge on any atom is -0.364 e. The summed E-state index contributed by atoms with van der Waals surface area (Å²) in [6, 6.07) is 14.5. The molecule has 0 bridgehead atoms. The van der Waals surface area contributed by atoms with Gasteiger partial charge in [0.2, 0.25) is 0 Å². The molecule has 4 aromatic rings. The van der Waals surface area contributed by atoms with Crippen molar-refractivity contribution in [3.05, 3.63) is 94.9 Å². The number of anilines is 1. The van der Waals surface area contributed by atoms with Crippen molar-refractivity contribution >= 4 is 28.4 Å². The number of rotatable bonds is 5. The van der Waals surface area contributed by atoms with Crippen molar-refractivity contribution in [2.75, 3.05) is 5.32 Å². The number of fused-ring (bicyclic) bond motifs is 1. The molecule has 1 heterocycles. The van der Waals surface area contributed by atoms with Gasteiger partial charge in [0.05, 0.1) is 12.1 Å². The van der Waals surface area contributed by atoms with Crippen LogP contribution in [0.3, 0.4) is 0 Å². The highest BCUT2D eigenvalue weighted by atomic mass is 19.1. The monoisotopic (exact) mass is 424 g/mol. The number of nitrogens with one attached hydrogen (secondary N) is 1. The summed E-state index contributed by atoms with van der Waals surface area (Å²) >= 11 is 0. The summed E-state index contributed by atoms with van der Waals surface area (Å²) in [7, 11) is 0. The Morgan fingerprint density at radius 2 is 1.68 bits per heavy atom. The number of hydrogen-bond acceptors (Lipinski definition) is 3. The van der Waals surface area contributed by atoms with E-state index in [9.17, 15) is 22.8 Å². The molecular formula is C22H15F3N4O2. The van der Waals surface area contributed by atoms with Crippen molar-refractivity contribution in [1.82, 2.24) is 9.78 Å². The molecule has 0 radical (unpaired) electrons. The summed E-state index contributed by atoms with van der Waals surface area (Å²) in [6.45, 7) is 0.247. The summed E-state index contributed by atoms with van der Waals surface area (Å²) in [6.07, 6.45) is 0. The first kappa shape index (κ1) is 20.1. The minimum atomic E-state index is -1.30. The largest absolute Gasteiger partial charge is 0.364 e. The van der Waals surface area contributed by atoms with Crippen LogP contribution in [0.25, 0.3) is 10.9 Å². The topological polar surface area (TPSA) is 90.0 Å². The van der Waals surface area contributed by atoms with Gasteiger partial charge in [0.15, 0.2) is 5.69 Å². The van der Waals surface area contributed by atoms with E-state index in [2.05, 4.69) is 10.4 Å². The van der Waals surface area contributed by atoms with Crippen LogP contribution in [0, 0.1) is 17.5 Å². The first-order chi connectivity index (χ1) is 14.8. The fraction of sp³-hybridized carbons (Fsp3) is 0.0455. The van der Waals surface area contributed by atoms with Crippen LogP contribution >= 0.6 is 0 Å². The normalized spacial score (nSPS) is 10.9. The number of benzene rings is 3. The second-order valence-electron chi connectivity index (χ2n) is 6.79. The van der Waals surface area contributed by atoms with Crippen molar-refractivity contribution in [3.63, 3.8) is 0 Å². The minimum absolute atomic E-state index is 0.141. The maximum Gasteiger partial charge on any atom is 0.269 e. The Labute approximate surface area is 174 Å². The molecule has 156 valence electrons. The van der Waals surface area contributed by atoms with Gasteiger partial charge in [-0.3, -0.25) is 14.3 Å². The summed E-state index contributed by atoms with van der Waals surface area (Å²) in [5.41, 5.74) is 6.34. The van der Waals surface area contributed by atoms with Gasteiger partial charge in [0, 0.05) is 23.2 Å². The van der Waals surface area contributed by atoms with Crippen LogP contribution < -0.4 is 11.1 Å². The molecular weight excluding hydrogens is 409 g/mol. The van der Waals surface area contributed by atoms with Crippen LogP contribution in [0.15, 0.2) is 60.7 Å². The Morgan fingerprint density at radius 3 is 2.39 bits per heavy atom. The van der Waals surface area contributed by atoms with E-state index in [0.717, 1.165) is 0 Å². The molecule has 0 unspecified atom stereocenters. The smallest absolute Gasteiger partial charge is 0.269 e. The van der Waals surface area contributed by atoms with Gasteiger partial charge in [-0.25, -0.2) is 13.2 Å². The molecule has 0 aliphatic carbocycles. The average molecular weight is 424 g/mol. The first-order valence-corrected chi connectivity index (χ1v) is 9.13. The maximum atomic E-state index is 13.9. The lowest BCUT2D eigenvalue weighted by Gasteiger charge is -2.10. The van der Waals surface area contributed by atoms with Gasteiger partial charge in [-0.05, 0) is 23.8 Å². The van der Waals surface area contributed by atoms with Gasteiger partial charge < -0.3 is 11.1 Å². The van der Waals surface area contributed by atoms with Crippen molar-refractivity contribution in [2.24, 2.45) is 5.73 Å². The van der Waals surface area contributed by atoms with Gasteiger partial charge in [-0.1, -0.05) is 30.3 Å². The van der Waals surface area contributed by atoms with Gasteiger partial charge >= 0.3 is 0 Å². The Balaban J connectivity index is 1.61. The zero-order chi connectivity index (χ0) is 22.1. The summed E-state index contributed by atoms with van der Waals surface area (Å²) in [5, 5.41) is 7.29. The molecule has 0 aliphatic heterocycles. The molecule has 0 fully saturated rings. The highest BCUT2D eigenvalue weighted by Gasteiger charge is 2.19. The number of carbonyl (C=O) groups is 2. The third-order valence-electron chi connectivity index (χ3n) is 4.64. The summed E-state index contributed by atoms with van der Waals surface area (Å²) in [5.74, 6) is -5.41. The van der Waals surface area contributed by atoms with Crippen LogP contribution in [-0.4, -0.2) is 21.6 Å². The third-order valence-corrected chi connectivity index (χ3v) is 4.64. The van der Waals surface area contributed by atoms with E-state index in [1.807, 2.05) is 0 Å². The van der Waals surface area contributed by atoms with E-state index >= 15 is 0 Å². The highest BCUT2D eigenvalue weighted by molar-refractivity contribution is 6.05. The molecule has 0 saturated carbocycles. The molecule has 31 heavy (non-hydrogen) atoms. The van der Waals surface area contributed by atoms with Gasteiger partial charge in [0.25, 0.3) is 11.8 Å². The second kappa shape index (κ2) is 7.94. The van der Waals surface area contributed by atoms with Crippen molar-refractivity contribution in [1.29, 1.82) is 0 Å². The van der Waals surface area contributed by atoms with E-state index in [1.165, 1.54) is 6.07 Å². The number of primary amides is 1. The number of para-hydroxylation sites is 1. The molecule has 4 rings (SSSR count). The summed E-state index contributed by atoms with van der Waals surface area (Å²) < 4.78 is 42.4. The quantitative estimate of drug-likeness (QED) is 0.510. The number of nitrogens with two attached hydrogens (primary N) is 1. The fourth-order valence-corrected chi connectivity index (χ4v) is 3.30. The van der Waals surface area contributed by atoms with Crippen LogP contribution in [-0.2, 0) is 6.54 Å². The van der Waals surface area contributed by atoms with Crippen molar-refractivity contribution < 1.29 is 22.8 Å². The predicted octanol–water partition coefficient (Wildman–Crippen LogP) is 3.85. The van der Waals surface area contributed by atoms with E-state index < -0.39 is 34.8 Å². The fourth-order valence-electron chi connectivity index (χ4n) is 3.30. The Hall–Kier alpha value is -4.14. The molecule has 0 aliphatic rings.